The van der Waals surface area contributed by atoms with Gasteiger partial charge < -0.3 is 4.52 Å². The van der Waals surface area contributed by atoms with Gasteiger partial charge in [0.1, 0.15) is 0 Å². The van der Waals surface area contributed by atoms with Crippen molar-refractivity contribution in [2.45, 2.75) is 44.7 Å². The van der Waals surface area contributed by atoms with Crippen LogP contribution >= 0.6 is 23.2 Å². The molecule has 1 aliphatic rings. The molecule has 1 aliphatic carbocycles. The Hall–Kier alpha value is -1.10. The van der Waals surface area contributed by atoms with Gasteiger partial charge in [0.25, 0.3) is 0 Å². The Labute approximate surface area is 133 Å². The molecule has 1 aromatic heterocycles. The molecule has 0 aliphatic heterocycles. The van der Waals surface area contributed by atoms with Gasteiger partial charge in [0, 0.05) is 22.0 Å². The summed E-state index contributed by atoms with van der Waals surface area (Å²) in [6, 6.07) is 5.54. The van der Waals surface area contributed by atoms with Crippen LogP contribution in [0.25, 0.3) is 0 Å². The van der Waals surface area contributed by atoms with Crippen molar-refractivity contribution in [3.8, 4) is 0 Å². The summed E-state index contributed by atoms with van der Waals surface area (Å²) in [7, 11) is 0. The van der Waals surface area contributed by atoms with Gasteiger partial charge in [0.15, 0.2) is 5.82 Å². The SMILES string of the molecule is C[C@H](N[C@@H](C)c1ccc(Cl)cc1Cl)c1nc(C2CC2)no1. The van der Waals surface area contributed by atoms with Gasteiger partial charge >= 0.3 is 0 Å². The Balaban J connectivity index is 1.69. The fraction of sp³-hybridized carbons (Fsp3) is 0.467. The van der Waals surface area contributed by atoms with Gasteiger partial charge in [-0.2, -0.15) is 4.98 Å². The lowest BCUT2D eigenvalue weighted by Crippen LogP contribution is -2.23. The number of hydrogen-bond acceptors (Lipinski definition) is 4. The van der Waals surface area contributed by atoms with E-state index in [9.17, 15) is 0 Å². The molecule has 2 atom stereocenters. The van der Waals surface area contributed by atoms with E-state index in [0.717, 1.165) is 24.2 Å². The first-order chi connectivity index (χ1) is 10.0. The highest BCUT2D eigenvalue weighted by Crippen LogP contribution is 2.38. The van der Waals surface area contributed by atoms with E-state index in [-0.39, 0.29) is 12.1 Å². The minimum atomic E-state index is -0.0354. The molecule has 0 saturated heterocycles. The number of aromatic nitrogens is 2. The highest BCUT2D eigenvalue weighted by atomic mass is 35.5. The second kappa shape index (κ2) is 5.95. The normalized spacial score (nSPS) is 17.7. The molecule has 1 aromatic carbocycles. The molecule has 1 saturated carbocycles. The third-order valence-corrected chi connectivity index (χ3v) is 4.26. The van der Waals surface area contributed by atoms with E-state index >= 15 is 0 Å². The largest absolute Gasteiger partial charge is 0.338 e. The van der Waals surface area contributed by atoms with E-state index in [1.807, 2.05) is 26.0 Å². The highest BCUT2D eigenvalue weighted by Gasteiger charge is 2.29. The minimum Gasteiger partial charge on any atom is -0.338 e. The summed E-state index contributed by atoms with van der Waals surface area (Å²) in [5, 5.41) is 8.75. The van der Waals surface area contributed by atoms with Gasteiger partial charge in [-0.1, -0.05) is 34.4 Å². The summed E-state index contributed by atoms with van der Waals surface area (Å²) < 4.78 is 5.34. The van der Waals surface area contributed by atoms with Gasteiger partial charge in [-0.05, 0) is 44.4 Å². The first kappa shape index (κ1) is 14.8. The predicted octanol–water partition coefficient (Wildman–Crippen LogP) is 4.67. The summed E-state index contributed by atoms with van der Waals surface area (Å²) in [6.45, 7) is 4.05. The Morgan fingerprint density at radius 1 is 1.24 bits per heavy atom. The van der Waals surface area contributed by atoms with Crippen LogP contribution in [0.4, 0.5) is 0 Å². The van der Waals surface area contributed by atoms with Crippen molar-refractivity contribution in [3.63, 3.8) is 0 Å². The summed E-state index contributed by atoms with van der Waals surface area (Å²) >= 11 is 12.2. The quantitative estimate of drug-likeness (QED) is 0.868. The lowest BCUT2D eigenvalue weighted by Gasteiger charge is -2.19. The van der Waals surface area contributed by atoms with Crippen LogP contribution < -0.4 is 5.32 Å². The average molecular weight is 326 g/mol. The number of nitrogens with one attached hydrogen (secondary N) is 1. The van der Waals surface area contributed by atoms with Crippen LogP contribution in [0.15, 0.2) is 22.7 Å². The first-order valence-electron chi connectivity index (χ1n) is 7.09. The van der Waals surface area contributed by atoms with Crippen molar-refractivity contribution in [1.82, 2.24) is 15.5 Å². The summed E-state index contributed by atoms with van der Waals surface area (Å²) in [4.78, 5) is 4.46. The van der Waals surface area contributed by atoms with Crippen LogP contribution in [0.3, 0.4) is 0 Å². The summed E-state index contributed by atoms with van der Waals surface area (Å²) in [5.74, 6) is 1.95. The third-order valence-electron chi connectivity index (χ3n) is 3.70. The van der Waals surface area contributed by atoms with Crippen LogP contribution in [0.1, 0.15) is 62.0 Å². The topological polar surface area (TPSA) is 51.0 Å². The second-order valence-corrected chi connectivity index (χ2v) is 6.38. The van der Waals surface area contributed by atoms with Crippen molar-refractivity contribution in [2.24, 2.45) is 0 Å². The molecule has 0 spiro atoms. The predicted molar refractivity (Wildman–Crippen MR) is 82.7 cm³/mol. The number of rotatable bonds is 5. The monoisotopic (exact) mass is 325 g/mol. The molecule has 6 heteroatoms. The first-order valence-corrected chi connectivity index (χ1v) is 7.84. The molecule has 0 unspecified atom stereocenters. The van der Waals surface area contributed by atoms with Crippen molar-refractivity contribution in [1.29, 1.82) is 0 Å². The zero-order valence-electron chi connectivity index (χ0n) is 11.9. The fourth-order valence-corrected chi connectivity index (χ4v) is 2.89. The molecule has 0 bridgehead atoms. The lowest BCUT2D eigenvalue weighted by atomic mass is 10.1. The standard InChI is InChI=1S/C15H17Cl2N3O/c1-8(12-6-5-11(16)7-13(12)17)18-9(2)15-19-14(20-21-15)10-3-4-10/h5-10,18H,3-4H2,1-2H3/t8-,9-/m0/s1. The van der Waals surface area contributed by atoms with Gasteiger partial charge in [-0.25, -0.2) is 0 Å². The smallest absolute Gasteiger partial charge is 0.243 e. The van der Waals surface area contributed by atoms with Gasteiger partial charge in [0.2, 0.25) is 5.89 Å². The van der Waals surface area contributed by atoms with E-state index in [2.05, 4.69) is 15.5 Å². The molecule has 112 valence electrons. The molecule has 1 N–H and O–H groups in total. The fourth-order valence-electron chi connectivity index (χ4n) is 2.32. The number of benzene rings is 1. The van der Waals surface area contributed by atoms with Crippen LogP contribution in [0.5, 0.6) is 0 Å². The van der Waals surface area contributed by atoms with Gasteiger partial charge in [0.05, 0.1) is 6.04 Å². The van der Waals surface area contributed by atoms with Crippen LogP contribution in [-0.2, 0) is 0 Å². The maximum Gasteiger partial charge on any atom is 0.243 e. The van der Waals surface area contributed by atoms with Crippen LogP contribution in [0, 0.1) is 0 Å². The average Bonchev–Trinajstić information content (AvgIpc) is 3.16. The lowest BCUT2D eigenvalue weighted by molar-refractivity contribution is 0.325. The van der Waals surface area contributed by atoms with Crippen molar-refractivity contribution in [2.75, 3.05) is 0 Å². The molecule has 0 radical (unpaired) electrons. The van der Waals surface area contributed by atoms with Gasteiger partial charge in [-0.3, -0.25) is 5.32 Å². The Morgan fingerprint density at radius 2 is 2.00 bits per heavy atom. The zero-order chi connectivity index (χ0) is 15.0. The number of hydrogen-bond donors (Lipinski definition) is 1. The molecule has 4 nitrogen and oxygen atoms in total. The summed E-state index contributed by atoms with van der Waals surface area (Å²) in [6.07, 6.45) is 2.33. The molecule has 1 fully saturated rings. The molecule has 0 amide bonds. The zero-order valence-corrected chi connectivity index (χ0v) is 13.4. The van der Waals surface area contributed by atoms with Crippen LogP contribution in [0.2, 0.25) is 10.0 Å². The Bertz CT molecular complexity index is 640. The molecular formula is C15H17Cl2N3O. The third kappa shape index (κ3) is 3.39. The maximum absolute atomic E-state index is 6.23. The van der Waals surface area contributed by atoms with E-state index < -0.39 is 0 Å². The van der Waals surface area contributed by atoms with Crippen molar-refractivity contribution < 1.29 is 4.52 Å². The maximum atomic E-state index is 6.23. The van der Waals surface area contributed by atoms with E-state index in [1.165, 1.54) is 0 Å². The molecular weight excluding hydrogens is 309 g/mol. The minimum absolute atomic E-state index is 0.0354. The van der Waals surface area contributed by atoms with Crippen molar-refractivity contribution in [3.05, 3.63) is 45.5 Å². The summed E-state index contributed by atoms with van der Waals surface area (Å²) in [5.41, 5.74) is 0.995. The van der Waals surface area contributed by atoms with E-state index in [4.69, 9.17) is 27.7 Å². The molecule has 2 aromatic rings. The molecule has 1 heterocycles. The van der Waals surface area contributed by atoms with E-state index in [0.29, 0.717) is 21.9 Å². The Kier molecular flexibility index (Phi) is 4.20. The van der Waals surface area contributed by atoms with Crippen molar-refractivity contribution >= 4 is 23.2 Å². The molecule has 21 heavy (non-hydrogen) atoms. The van der Waals surface area contributed by atoms with E-state index in [1.54, 1.807) is 6.07 Å². The van der Waals surface area contributed by atoms with Gasteiger partial charge in [-0.15, -0.1) is 0 Å². The number of nitrogens with zero attached hydrogens (tertiary/aromatic N) is 2. The number of halogens is 2. The van der Waals surface area contributed by atoms with Crippen LogP contribution in [-0.4, -0.2) is 10.1 Å². The second-order valence-electron chi connectivity index (χ2n) is 5.54. The highest BCUT2D eigenvalue weighted by molar-refractivity contribution is 6.35. The molecule has 3 rings (SSSR count). The Morgan fingerprint density at radius 3 is 2.67 bits per heavy atom.